The summed E-state index contributed by atoms with van der Waals surface area (Å²) in [5.74, 6) is -0.529. The van der Waals surface area contributed by atoms with E-state index in [2.05, 4.69) is 28.2 Å². The van der Waals surface area contributed by atoms with E-state index in [4.69, 9.17) is 5.11 Å². The molecule has 1 aromatic rings. The summed E-state index contributed by atoms with van der Waals surface area (Å²) >= 11 is 3.33. The Kier molecular flexibility index (Phi) is 4.88. The molecule has 0 radical (unpaired) electrons. The van der Waals surface area contributed by atoms with Gasteiger partial charge in [0, 0.05) is 17.1 Å². The minimum Gasteiger partial charge on any atom is -0.478 e. The van der Waals surface area contributed by atoms with Gasteiger partial charge in [0.25, 0.3) is 0 Å². The molecule has 5 nitrogen and oxygen atoms in total. The van der Waals surface area contributed by atoms with E-state index in [0.717, 1.165) is 19.4 Å². The highest BCUT2D eigenvalue weighted by atomic mass is 79.9. The van der Waals surface area contributed by atoms with Crippen LogP contribution >= 0.6 is 15.9 Å². The normalized spacial score (nSPS) is 22.0. The SMILES string of the molecule is CC1CCC(C)N(C(=O)Nc2cc(C(=O)O)ccc2Br)C1. The Bertz CT molecular complexity index is 562. The van der Waals surface area contributed by atoms with Crippen molar-refractivity contribution in [2.45, 2.75) is 32.7 Å². The molecule has 2 atom stereocenters. The van der Waals surface area contributed by atoms with Gasteiger partial charge in [-0.25, -0.2) is 9.59 Å². The quantitative estimate of drug-likeness (QED) is 0.848. The third-order valence-electron chi connectivity index (χ3n) is 3.83. The van der Waals surface area contributed by atoms with Gasteiger partial charge in [0.1, 0.15) is 0 Å². The summed E-state index contributed by atoms with van der Waals surface area (Å²) in [5, 5.41) is 11.8. The second kappa shape index (κ2) is 6.47. The van der Waals surface area contributed by atoms with Crippen LogP contribution < -0.4 is 5.32 Å². The average Bonchev–Trinajstić information content (AvgIpc) is 2.43. The monoisotopic (exact) mass is 354 g/mol. The number of carbonyl (C=O) groups is 2. The third kappa shape index (κ3) is 3.75. The molecule has 1 aromatic carbocycles. The summed E-state index contributed by atoms with van der Waals surface area (Å²) in [6.07, 6.45) is 2.12. The summed E-state index contributed by atoms with van der Waals surface area (Å²) in [7, 11) is 0. The molecule has 21 heavy (non-hydrogen) atoms. The van der Waals surface area contributed by atoms with Crippen molar-refractivity contribution in [3.05, 3.63) is 28.2 Å². The maximum atomic E-state index is 12.4. The third-order valence-corrected chi connectivity index (χ3v) is 4.52. The van der Waals surface area contributed by atoms with Crippen molar-refractivity contribution in [1.82, 2.24) is 4.90 Å². The number of hydrogen-bond acceptors (Lipinski definition) is 2. The summed E-state index contributed by atoms with van der Waals surface area (Å²) in [6, 6.07) is 4.59. The maximum absolute atomic E-state index is 12.4. The maximum Gasteiger partial charge on any atom is 0.335 e. The summed E-state index contributed by atoms with van der Waals surface area (Å²) in [4.78, 5) is 25.2. The number of hydrogen-bond donors (Lipinski definition) is 2. The molecule has 114 valence electrons. The summed E-state index contributed by atoms with van der Waals surface area (Å²) < 4.78 is 0.665. The van der Waals surface area contributed by atoms with E-state index in [1.807, 2.05) is 11.8 Å². The minimum atomic E-state index is -1.02. The number of likely N-dealkylation sites (tertiary alicyclic amines) is 1. The van der Waals surface area contributed by atoms with E-state index >= 15 is 0 Å². The molecule has 1 aliphatic rings. The minimum absolute atomic E-state index is 0.147. The predicted octanol–water partition coefficient (Wildman–Crippen LogP) is 3.80. The van der Waals surface area contributed by atoms with Gasteiger partial charge in [-0.1, -0.05) is 6.92 Å². The lowest BCUT2D eigenvalue weighted by Crippen LogP contribution is -2.47. The lowest BCUT2D eigenvalue weighted by atomic mass is 9.95. The van der Waals surface area contributed by atoms with Crippen molar-refractivity contribution in [2.75, 3.05) is 11.9 Å². The molecule has 1 aliphatic heterocycles. The first-order valence-corrected chi connectivity index (χ1v) is 7.78. The Hall–Kier alpha value is -1.56. The Morgan fingerprint density at radius 3 is 2.71 bits per heavy atom. The first-order valence-electron chi connectivity index (χ1n) is 6.99. The van der Waals surface area contributed by atoms with Crippen molar-refractivity contribution >= 4 is 33.6 Å². The molecule has 0 saturated carbocycles. The molecule has 0 spiro atoms. The summed E-state index contributed by atoms with van der Waals surface area (Å²) in [5.41, 5.74) is 0.624. The topological polar surface area (TPSA) is 69.6 Å². The van der Waals surface area contributed by atoms with Crippen LogP contribution in [0.2, 0.25) is 0 Å². The van der Waals surface area contributed by atoms with Gasteiger partial charge in [0.05, 0.1) is 11.3 Å². The van der Waals surface area contributed by atoms with Crippen molar-refractivity contribution in [3.63, 3.8) is 0 Å². The lowest BCUT2D eigenvalue weighted by molar-refractivity contribution is 0.0697. The number of anilines is 1. The first kappa shape index (κ1) is 15.8. The van der Waals surface area contributed by atoms with Crippen molar-refractivity contribution in [1.29, 1.82) is 0 Å². The fourth-order valence-electron chi connectivity index (χ4n) is 2.51. The Morgan fingerprint density at radius 2 is 2.05 bits per heavy atom. The molecule has 1 fully saturated rings. The number of aromatic carboxylic acids is 1. The molecule has 2 amide bonds. The van der Waals surface area contributed by atoms with E-state index in [-0.39, 0.29) is 17.6 Å². The van der Waals surface area contributed by atoms with Crippen molar-refractivity contribution < 1.29 is 14.7 Å². The smallest absolute Gasteiger partial charge is 0.335 e. The van der Waals surface area contributed by atoms with Gasteiger partial charge in [0.15, 0.2) is 0 Å². The van der Waals surface area contributed by atoms with Gasteiger partial charge in [-0.15, -0.1) is 0 Å². The number of benzene rings is 1. The lowest BCUT2D eigenvalue weighted by Gasteiger charge is -2.36. The molecule has 2 N–H and O–H groups in total. The predicted molar refractivity (Wildman–Crippen MR) is 84.7 cm³/mol. The molecular weight excluding hydrogens is 336 g/mol. The van der Waals surface area contributed by atoms with E-state index in [1.54, 1.807) is 6.07 Å². The van der Waals surface area contributed by atoms with E-state index in [9.17, 15) is 9.59 Å². The number of urea groups is 1. The van der Waals surface area contributed by atoms with Crippen LogP contribution in [0.15, 0.2) is 22.7 Å². The molecule has 2 unspecified atom stereocenters. The summed E-state index contributed by atoms with van der Waals surface area (Å²) in [6.45, 7) is 4.89. The van der Waals surface area contributed by atoms with Crippen LogP contribution in [0.1, 0.15) is 37.0 Å². The Labute approximate surface area is 132 Å². The average molecular weight is 355 g/mol. The van der Waals surface area contributed by atoms with E-state index < -0.39 is 5.97 Å². The zero-order valence-corrected chi connectivity index (χ0v) is 13.7. The van der Waals surface area contributed by atoms with Crippen molar-refractivity contribution in [2.24, 2.45) is 5.92 Å². The molecule has 6 heteroatoms. The highest BCUT2D eigenvalue weighted by Gasteiger charge is 2.27. The van der Waals surface area contributed by atoms with Gasteiger partial charge in [0.2, 0.25) is 0 Å². The number of nitrogens with zero attached hydrogens (tertiary/aromatic N) is 1. The van der Waals surface area contributed by atoms with Gasteiger partial charge in [-0.3, -0.25) is 0 Å². The van der Waals surface area contributed by atoms with E-state index in [0.29, 0.717) is 16.1 Å². The van der Waals surface area contributed by atoms with Gasteiger partial charge < -0.3 is 15.3 Å². The fraction of sp³-hybridized carbons (Fsp3) is 0.467. The van der Waals surface area contributed by atoms with Crippen LogP contribution in [-0.2, 0) is 0 Å². The van der Waals surface area contributed by atoms with Crippen molar-refractivity contribution in [3.8, 4) is 0 Å². The van der Waals surface area contributed by atoms with Gasteiger partial charge in [-0.05, 0) is 59.8 Å². The number of carboxylic acid groups (broad SMARTS) is 1. The van der Waals surface area contributed by atoms with Gasteiger partial charge in [-0.2, -0.15) is 0 Å². The second-order valence-corrected chi connectivity index (χ2v) is 6.47. The van der Waals surface area contributed by atoms with E-state index in [1.165, 1.54) is 12.1 Å². The fourth-order valence-corrected chi connectivity index (χ4v) is 2.86. The van der Waals surface area contributed by atoms with Gasteiger partial charge >= 0.3 is 12.0 Å². The molecular formula is C15H19BrN2O3. The molecule has 0 aromatic heterocycles. The van der Waals surface area contributed by atoms with Crippen LogP contribution in [-0.4, -0.2) is 34.6 Å². The number of rotatable bonds is 2. The molecule has 0 aliphatic carbocycles. The molecule has 0 bridgehead atoms. The number of carbonyl (C=O) groups excluding carboxylic acids is 1. The number of piperidine rings is 1. The number of amides is 2. The largest absolute Gasteiger partial charge is 0.478 e. The van der Waals surface area contributed by atoms with Crippen LogP contribution in [0, 0.1) is 5.92 Å². The number of halogens is 1. The Balaban J connectivity index is 2.15. The second-order valence-electron chi connectivity index (χ2n) is 5.61. The van der Waals surface area contributed by atoms with Crippen LogP contribution in [0.5, 0.6) is 0 Å². The Morgan fingerprint density at radius 1 is 1.33 bits per heavy atom. The zero-order chi connectivity index (χ0) is 15.6. The standard InChI is InChI=1S/C15H19BrN2O3/c1-9-3-4-10(2)18(8-9)15(21)17-13-7-11(14(19)20)5-6-12(13)16/h5-7,9-10H,3-4,8H2,1-2H3,(H,17,21)(H,19,20). The highest BCUT2D eigenvalue weighted by molar-refractivity contribution is 9.10. The molecule has 1 heterocycles. The van der Waals surface area contributed by atoms with Crippen LogP contribution in [0.3, 0.4) is 0 Å². The highest BCUT2D eigenvalue weighted by Crippen LogP contribution is 2.26. The van der Waals surface area contributed by atoms with Crippen LogP contribution in [0.4, 0.5) is 10.5 Å². The van der Waals surface area contributed by atoms with Crippen LogP contribution in [0.25, 0.3) is 0 Å². The number of nitrogens with one attached hydrogen (secondary N) is 1. The number of carboxylic acids is 1. The molecule has 1 saturated heterocycles. The first-order chi connectivity index (χ1) is 9.88. The molecule has 2 rings (SSSR count). The zero-order valence-electron chi connectivity index (χ0n) is 12.1.